The molecule has 0 radical (unpaired) electrons. The van der Waals surface area contributed by atoms with Gasteiger partial charge in [-0.15, -0.1) is 0 Å². The standard InChI is InChI=1S/C32H52N4O2/c1-5-35(6-2)31(37)29-21-19-25-33(27-29)23-17-15-13-11-9-10-12-14-16-18-24-34-26-20-22-30(28-34)32(38)36(7-3)8-4/h19-22,25-28H,5-18,23-24H2,1-4H3/q+2. The highest BCUT2D eigenvalue weighted by atomic mass is 16.2. The van der Waals surface area contributed by atoms with Crippen molar-refractivity contribution >= 4 is 11.8 Å². The second-order valence-corrected chi connectivity index (χ2v) is 10.2. The average molecular weight is 525 g/mol. The molecule has 0 saturated heterocycles. The summed E-state index contributed by atoms with van der Waals surface area (Å²) in [6.07, 6.45) is 20.8. The fourth-order valence-electron chi connectivity index (χ4n) is 4.96. The van der Waals surface area contributed by atoms with Crippen LogP contribution in [0.2, 0.25) is 0 Å². The summed E-state index contributed by atoms with van der Waals surface area (Å²) in [5, 5.41) is 0. The summed E-state index contributed by atoms with van der Waals surface area (Å²) >= 11 is 0. The molecule has 0 aliphatic heterocycles. The topological polar surface area (TPSA) is 48.4 Å². The van der Waals surface area contributed by atoms with Gasteiger partial charge in [-0.3, -0.25) is 9.59 Å². The lowest BCUT2D eigenvalue weighted by Crippen LogP contribution is -2.36. The SMILES string of the molecule is CCN(CC)C(=O)c1ccc[n+](CCCCCCCCCCCC[n+]2cccc(C(=O)N(CC)CC)c2)c1. The molecule has 38 heavy (non-hydrogen) atoms. The molecule has 2 rings (SSSR count). The Morgan fingerprint density at radius 2 is 0.868 bits per heavy atom. The molecule has 0 unspecified atom stereocenters. The Morgan fingerprint density at radius 3 is 1.18 bits per heavy atom. The number of hydrogen-bond donors (Lipinski definition) is 0. The number of hydrogen-bond acceptors (Lipinski definition) is 2. The maximum atomic E-state index is 12.6. The summed E-state index contributed by atoms with van der Waals surface area (Å²) < 4.78 is 4.32. The molecule has 2 aromatic rings. The van der Waals surface area contributed by atoms with Crippen molar-refractivity contribution in [2.45, 2.75) is 105 Å². The van der Waals surface area contributed by atoms with Crippen molar-refractivity contribution in [3.05, 3.63) is 60.2 Å². The largest absolute Gasteiger partial charge is 0.339 e. The van der Waals surface area contributed by atoms with Gasteiger partial charge < -0.3 is 9.80 Å². The van der Waals surface area contributed by atoms with Crippen LogP contribution in [-0.4, -0.2) is 47.8 Å². The van der Waals surface area contributed by atoms with E-state index in [2.05, 4.69) is 21.5 Å². The maximum Gasteiger partial charge on any atom is 0.259 e. The monoisotopic (exact) mass is 524 g/mol. The molecule has 6 heteroatoms. The van der Waals surface area contributed by atoms with E-state index in [1.54, 1.807) is 0 Å². The van der Waals surface area contributed by atoms with Gasteiger partial charge in [0, 0.05) is 51.2 Å². The number of carbonyl (C=O) groups excluding carboxylic acids is 2. The molecule has 0 N–H and O–H groups in total. The van der Waals surface area contributed by atoms with Crippen LogP contribution < -0.4 is 9.13 Å². The third kappa shape index (κ3) is 10.9. The van der Waals surface area contributed by atoms with E-state index in [0.717, 1.165) is 63.2 Å². The van der Waals surface area contributed by atoms with Crippen LogP contribution in [0.3, 0.4) is 0 Å². The zero-order chi connectivity index (χ0) is 27.6. The predicted octanol–water partition coefficient (Wildman–Crippen LogP) is 5.83. The first kappa shape index (κ1) is 31.5. The van der Waals surface area contributed by atoms with Gasteiger partial charge in [-0.05, 0) is 52.7 Å². The Morgan fingerprint density at radius 1 is 0.553 bits per heavy atom. The van der Waals surface area contributed by atoms with Gasteiger partial charge in [0.1, 0.15) is 24.2 Å². The van der Waals surface area contributed by atoms with Gasteiger partial charge in [-0.2, -0.15) is 0 Å². The summed E-state index contributed by atoms with van der Waals surface area (Å²) in [6, 6.07) is 7.82. The van der Waals surface area contributed by atoms with Crippen LogP contribution in [0.4, 0.5) is 0 Å². The average Bonchev–Trinajstić information content (AvgIpc) is 2.95. The maximum absolute atomic E-state index is 12.6. The zero-order valence-electron chi connectivity index (χ0n) is 24.5. The third-order valence-electron chi connectivity index (χ3n) is 7.39. The molecular formula is C32H52N4O2+2. The summed E-state index contributed by atoms with van der Waals surface area (Å²) in [5.41, 5.74) is 1.57. The van der Waals surface area contributed by atoms with E-state index in [1.807, 2.05) is 74.2 Å². The molecule has 0 fully saturated rings. The lowest BCUT2D eigenvalue weighted by atomic mass is 10.1. The Kier molecular flexibility index (Phi) is 15.3. The highest BCUT2D eigenvalue weighted by molar-refractivity contribution is 5.94. The van der Waals surface area contributed by atoms with Gasteiger partial charge in [0.15, 0.2) is 24.8 Å². The molecule has 0 saturated carbocycles. The molecule has 0 aliphatic carbocycles. The van der Waals surface area contributed by atoms with Crippen molar-refractivity contribution in [2.24, 2.45) is 0 Å². The zero-order valence-corrected chi connectivity index (χ0v) is 24.5. The predicted molar refractivity (Wildman–Crippen MR) is 154 cm³/mol. The number of pyridine rings is 2. The Balaban J connectivity index is 1.51. The first-order chi connectivity index (χ1) is 18.5. The summed E-state index contributed by atoms with van der Waals surface area (Å²) in [7, 11) is 0. The van der Waals surface area contributed by atoms with E-state index >= 15 is 0 Å². The van der Waals surface area contributed by atoms with Crippen LogP contribution in [0, 0.1) is 0 Å². The molecule has 0 aliphatic rings. The lowest BCUT2D eigenvalue weighted by Gasteiger charge is -2.17. The molecule has 0 atom stereocenters. The van der Waals surface area contributed by atoms with Gasteiger partial charge in [0.2, 0.25) is 0 Å². The van der Waals surface area contributed by atoms with Crippen molar-refractivity contribution in [2.75, 3.05) is 26.2 Å². The normalized spacial score (nSPS) is 10.9. The van der Waals surface area contributed by atoms with Gasteiger partial charge in [0.05, 0.1) is 0 Å². The van der Waals surface area contributed by atoms with Gasteiger partial charge in [-0.25, -0.2) is 9.13 Å². The van der Waals surface area contributed by atoms with E-state index < -0.39 is 0 Å². The van der Waals surface area contributed by atoms with E-state index in [9.17, 15) is 9.59 Å². The Hall–Kier alpha value is -2.76. The van der Waals surface area contributed by atoms with Crippen LogP contribution in [0.1, 0.15) is 113 Å². The van der Waals surface area contributed by atoms with E-state index in [-0.39, 0.29) is 11.8 Å². The fourth-order valence-corrected chi connectivity index (χ4v) is 4.96. The Labute approximate surface area is 231 Å². The molecule has 6 nitrogen and oxygen atoms in total. The quantitative estimate of drug-likeness (QED) is 0.172. The number of carbonyl (C=O) groups is 2. The summed E-state index contributed by atoms with van der Waals surface area (Å²) in [4.78, 5) is 28.9. The number of nitrogens with zero attached hydrogens (tertiary/aromatic N) is 4. The van der Waals surface area contributed by atoms with E-state index in [0.29, 0.717) is 0 Å². The number of aryl methyl sites for hydroxylation is 2. The number of aromatic nitrogens is 2. The molecule has 0 bridgehead atoms. The van der Waals surface area contributed by atoms with Crippen molar-refractivity contribution < 1.29 is 18.7 Å². The molecular weight excluding hydrogens is 472 g/mol. The Bertz CT molecular complexity index is 876. The minimum Gasteiger partial charge on any atom is -0.339 e. The molecule has 0 aromatic carbocycles. The van der Waals surface area contributed by atoms with Crippen molar-refractivity contribution in [3.8, 4) is 0 Å². The van der Waals surface area contributed by atoms with Crippen LogP contribution in [0.15, 0.2) is 49.1 Å². The molecule has 2 heterocycles. The van der Waals surface area contributed by atoms with Gasteiger partial charge >= 0.3 is 0 Å². The van der Waals surface area contributed by atoms with Crippen molar-refractivity contribution in [1.82, 2.24) is 9.80 Å². The summed E-state index contributed by atoms with van der Waals surface area (Å²) in [5.74, 6) is 0.249. The van der Waals surface area contributed by atoms with E-state index in [4.69, 9.17) is 0 Å². The lowest BCUT2D eigenvalue weighted by molar-refractivity contribution is -0.697. The molecule has 2 amide bonds. The van der Waals surface area contributed by atoms with Crippen LogP contribution in [-0.2, 0) is 13.1 Å². The minimum atomic E-state index is 0.125. The van der Waals surface area contributed by atoms with E-state index in [1.165, 1.54) is 51.4 Å². The van der Waals surface area contributed by atoms with Crippen LogP contribution in [0.25, 0.3) is 0 Å². The second-order valence-electron chi connectivity index (χ2n) is 10.2. The fraction of sp³-hybridized carbons (Fsp3) is 0.625. The second kappa shape index (κ2) is 18.5. The van der Waals surface area contributed by atoms with Gasteiger partial charge in [0.25, 0.3) is 11.8 Å². The molecule has 0 spiro atoms. The van der Waals surface area contributed by atoms with Crippen molar-refractivity contribution in [3.63, 3.8) is 0 Å². The highest BCUT2D eigenvalue weighted by Gasteiger charge is 2.16. The summed E-state index contributed by atoms with van der Waals surface area (Å²) in [6.45, 7) is 13.0. The molecule has 210 valence electrons. The first-order valence-electron chi connectivity index (χ1n) is 15.1. The van der Waals surface area contributed by atoms with Gasteiger partial charge in [-0.1, -0.05) is 38.5 Å². The van der Waals surface area contributed by atoms with Crippen molar-refractivity contribution in [1.29, 1.82) is 0 Å². The third-order valence-corrected chi connectivity index (χ3v) is 7.39. The number of amides is 2. The van der Waals surface area contributed by atoms with Crippen LogP contribution in [0.5, 0.6) is 0 Å². The first-order valence-corrected chi connectivity index (χ1v) is 15.1. The van der Waals surface area contributed by atoms with Crippen LogP contribution >= 0.6 is 0 Å². The number of rotatable bonds is 19. The smallest absolute Gasteiger partial charge is 0.259 e. The number of unbranched alkanes of at least 4 members (excludes halogenated alkanes) is 9. The minimum absolute atomic E-state index is 0.125. The highest BCUT2D eigenvalue weighted by Crippen LogP contribution is 2.11. The molecule has 2 aromatic heterocycles.